The van der Waals surface area contributed by atoms with Gasteiger partial charge in [-0.2, -0.15) is 15.0 Å². The summed E-state index contributed by atoms with van der Waals surface area (Å²) in [6, 6.07) is 0.365. The van der Waals surface area contributed by atoms with Crippen LogP contribution in [0.3, 0.4) is 0 Å². The van der Waals surface area contributed by atoms with Gasteiger partial charge in [-0.25, -0.2) is 0 Å². The predicted molar refractivity (Wildman–Crippen MR) is 103 cm³/mol. The summed E-state index contributed by atoms with van der Waals surface area (Å²) in [5.74, 6) is 1.75. The molecule has 0 radical (unpaired) electrons. The van der Waals surface area contributed by atoms with Crippen LogP contribution in [0.15, 0.2) is 0 Å². The molecule has 7 nitrogen and oxygen atoms in total. The summed E-state index contributed by atoms with van der Waals surface area (Å²) >= 11 is 0. The highest BCUT2D eigenvalue weighted by atomic mass is 16.5. The number of aliphatic hydroxyl groups is 1. The number of ether oxygens (including phenoxy) is 1. The zero-order chi connectivity index (χ0) is 18.2. The Morgan fingerprint density at radius 1 is 1.04 bits per heavy atom. The molecule has 1 aromatic rings. The molecule has 3 rings (SSSR count). The van der Waals surface area contributed by atoms with Crippen molar-refractivity contribution in [1.82, 2.24) is 15.0 Å². The monoisotopic (exact) mass is 363 g/mol. The van der Waals surface area contributed by atoms with E-state index in [4.69, 9.17) is 4.74 Å². The minimum absolute atomic E-state index is 0.115. The molecular formula is C19H33N5O2. The molecule has 7 heteroatoms. The molecule has 0 bridgehead atoms. The molecule has 2 aliphatic rings. The Labute approximate surface area is 156 Å². The fourth-order valence-corrected chi connectivity index (χ4v) is 4.02. The van der Waals surface area contributed by atoms with Crippen molar-refractivity contribution in [3.8, 4) is 6.01 Å². The second kappa shape index (κ2) is 9.90. The zero-order valence-corrected chi connectivity index (χ0v) is 16.0. The number of aliphatic hydroxyl groups excluding tert-OH is 1. The fourth-order valence-electron chi connectivity index (χ4n) is 4.02. The fraction of sp³-hybridized carbons (Fsp3) is 0.842. The van der Waals surface area contributed by atoms with Crippen molar-refractivity contribution in [2.45, 2.75) is 70.3 Å². The van der Waals surface area contributed by atoms with E-state index in [1.54, 1.807) is 7.11 Å². The van der Waals surface area contributed by atoms with Crippen molar-refractivity contribution < 1.29 is 9.84 Å². The van der Waals surface area contributed by atoms with Crippen molar-refractivity contribution in [2.75, 3.05) is 37.0 Å². The molecule has 0 amide bonds. The molecule has 1 saturated carbocycles. The van der Waals surface area contributed by atoms with E-state index in [0.717, 1.165) is 45.3 Å². The van der Waals surface area contributed by atoms with Crippen LogP contribution >= 0.6 is 0 Å². The Morgan fingerprint density at radius 3 is 2.54 bits per heavy atom. The van der Waals surface area contributed by atoms with Gasteiger partial charge in [0, 0.05) is 19.6 Å². The summed E-state index contributed by atoms with van der Waals surface area (Å²) in [6.45, 7) is 2.79. The normalized spacial score (nSPS) is 24.2. The first kappa shape index (κ1) is 19.1. The minimum Gasteiger partial charge on any atom is -0.467 e. The lowest BCUT2D eigenvalue weighted by atomic mass is 9.83. The third-order valence-electron chi connectivity index (χ3n) is 5.58. The van der Waals surface area contributed by atoms with E-state index >= 15 is 0 Å². The van der Waals surface area contributed by atoms with Gasteiger partial charge in [-0.1, -0.05) is 25.7 Å². The van der Waals surface area contributed by atoms with Crippen molar-refractivity contribution >= 4 is 11.9 Å². The van der Waals surface area contributed by atoms with Crippen LogP contribution in [-0.4, -0.2) is 52.9 Å². The van der Waals surface area contributed by atoms with Crippen molar-refractivity contribution in [3.05, 3.63) is 0 Å². The Hall–Kier alpha value is -1.63. The average molecular weight is 364 g/mol. The highest BCUT2D eigenvalue weighted by Crippen LogP contribution is 2.28. The van der Waals surface area contributed by atoms with Crippen molar-refractivity contribution in [1.29, 1.82) is 0 Å². The Balaban J connectivity index is 1.54. The van der Waals surface area contributed by atoms with Gasteiger partial charge in [0.1, 0.15) is 0 Å². The van der Waals surface area contributed by atoms with Gasteiger partial charge in [-0.05, 0) is 44.4 Å². The maximum absolute atomic E-state index is 10.1. The molecule has 1 aromatic heterocycles. The lowest BCUT2D eigenvalue weighted by Crippen LogP contribution is -2.27. The predicted octanol–water partition coefficient (Wildman–Crippen LogP) is 3.00. The lowest BCUT2D eigenvalue weighted by Gasteiger charge is -2.27. The number of hydrogen-bond donors (Lipinski definition) is 2. The van der Waals surface area contributed by atoms with Gasteiger partial charge in [0.15, 0.2) is 0 Å². The molecule has 0 spiro atoms. The zero-order valence-electron chi connectivity index (χ0n) is 16.0. The topological polar surface area (TPSA) is 83.4 Å². The number of methoxy groups -OCH3 is 1. The number of nitrogens with zero attached hydrogens (tertiary/aromatic N) is 4. The number of hydrogen-bond acceptors (Lipinski definition) is 7. The van der Waals surface area contributed by atoms with Gasteiger partial charge < -0.3 is 20.1 Å². The SMILES string of the molecule is COc1nc(NCCCC2CCCCC2O)nc(N2CCCCCC2)n1. The van der Waals surface area contributed by atoms with Crippen LogP contribution in [0.2, 0.25) is 0 Å². The summed E-state index contributed by atoms with van der Waals surface area (Å²) in [5, 5.41) is 13.4. The van der Waals surface area contributed by atoms with Crippen molar-refractivity contribution in [2.24, 2.45) is 5.92 Å². The van der Waals surface area contributed by atoms with Gasteiger partial charge >= 0.3 is 6.01 Å². The first-order valence-corrected chi connectivity index (χ1v) is 10.2. The second-order valence-corrected chi connectivity index (χ2v) is 7.53. The molecule has 146 valence electrons. The highest BCUT2D eigenvalue weighted by Gasteiger charge is 2.22. The molecule has 1 aliphatic carbocycles. The van der Waals surface area contributed by atoms with Crippen LogP contribution in [0.4, 0.5) is 11.9 Å². The lowest BCUT2D eigenvalue weighted by molar-refractivity contribution is 0.0648. The second-order valence-electron chi connectivity index (χ2n) is 7.53. The maximum Gasteiger partial charge on any atom is 0.322 e. The summed E-state index contributed by atoms with van der Waals surface area (Å²) in [6.07, 6.45) is 11.4. The van der Waals surface area contributed by atoms with Crippen LogP contribution in [0.1, 0.15) is 64.2 Å². The number of nitrogens with one attached hydrogen (secondary N) is 1. The maximum atomic E-state index is 10.1. The first-order valence-electron chi connectivity index (χ1n) is 10.2. The van der Waals surface area contributed by atoms with Gasteiger partial charge in [0.2, 0.25) is 11.9 Å². The van der Waals surface area contributed by atoms with Gasteiger partial charge in [0.25, 0.3) is 0 Å². The highest BCUT2D eigenvalue weighted by molar-refractivity contribution is 5.38. The quantitative estimate of drug-likeness (QED) is 0.721. The summed E-state index contributed by atoms with van der Waals surface area (Å²) in [5.41, 5.74) is 0. The smallest absolute Gasteiger partial charge is 0.322 e. The van der Waals surface area contributed by atoms with E-state index in [9.17, 15) is 5.11 Å². The van der Waals surface area contributed by atoms with Crippen LogP contribution in [-0.2, 0) is 0 Å². The molecule has 2 heterocycles. The van der Waals surface area contributed by atoms with Crippen LogP contribution in [0.5, 0.6) is 6.01 Å². The molecule has 0 aromatic carbocycles. The summed E-state index contributed by atoms with van der Waals surface area (Å²) in [7, 11) is 1.59. The molecule has 26 heavy (non-hydrogen) atoms. The van der Waals surface area contributed by atoms with E-state index < -0.39 is 0 Å². The standard InChI is InChI=1S/C19H33N5O2/c1-26-19-22-17(20-12-8-10-15-9-4-5-11-16(15)25)21-18(23-19)24-13-6-2-3-7-14-24/h15-16,25H,2-14H2,1H3,(H,20,21,22,23). The summed E-state index contributed by atoms with van der Waals surface area (Å²) in [4.78, 5) is 15.6. The van der Waals surface area contributed by atoms with E-state index in [-0.39, 0.29) is 6.10 Å². The Bertz CT molecular complexity index is 549. The van der Waals surface area contributed by atoms with E-state index in [2.05, 4.69) is 25.2 Å². The van der Waals surface area contributed by atoms with Gasteiger partial charge in [-0.3, -0.25) is 0 Å². The number of anilines is 2. The van der Waals surface area contributed by atoms with Crippen LogP contribution < -0.4 is 15.0 Å². The number of rotatable bonds is 7. The van der Waals surface area contributed by atoms with E-state index in [0.29, 0.717) is 23.8 Å². The first-order chi connectivity index (χ1) is 12.8. The Kier molecular flexibility index (Phi) is 7.29. The number of aromatic nitrogens is 3. The largest absolute Gasteiger partial charge is 0.467 e. The van der Waals surface area contributed by atoms with Crippen molar-refractivity contribution in [3.63, 3.8) is 0 Å². The summed E-state index contributed by atoms with van der Waals surface area (Å²) < 4.78 is 5.27. The van der Waals surface area contributed by atoms with E-state index in [1.807, 2.05) is 0 Å². The molecule has 2 unspecified atom stereocenters. The molecular weight excluding hydrogens is 330 g/mol. The Morgan fingerprint density at radius 2 is 1.81 bits per heavy atom. The molecule has 1 aliphatic heterocycles. The van der Waals surface area contributed by atoms with Crippen LogP contribution in [0.25, 0.3) is 0 Å². The average Bonchev–Trinajstić information content (AvgIpc) is 2.96. The molecule has 1 saturated heterocycles. The molecule has 2 atom stereocenters. The van der Waals surface area contributed by atoms with E-state index in [1.165, 1.54) is 38.5 Å². The van der Waals surface area contributed by atoms with Gasteiger partial charge in [-0.15, -0.1) is 0 Å². The minimum atomic E-state index is -0.115. The van der Waals surface area contributed by atoms with Crippen LogP contribution in [0, 0.1) is 5.92 Å². The molecule has 2 N–H and O–H groups in total. The molecule has 2 fully saturated rings. The van der Waals surface area contributed by atoms with Gasteiger partial charge in [0.05, 0.1) is 13.2 Å². The third kappa shape index (κ3) is 5.43. The third-order valence-corrected chi connectivity index (χ3v) is 5.58.